The fourth-order valence-electron chi connectivity index (χ4n) is 2.45. The van der Waals surface area contributed by atoms with Crippen LogP contribution in [0.2, 0.25) is 5.02 Å². The molecule has 1 heterocycles. The van der Waals surface area contributed by atoms with Crippen molar-refractivity contribution in [2.24, 2.45) is 5.10 Å². The molecule has 0 unspecified atom stereocenters. The number of anilines is 1. The number of halogens is 1. The molecule has 0 atom stereocenters. The first-order valence-electron chi connectivity index (χ1n) is 7.23. The van der Waals surface area contributed by atoms with Gasteiger partial charge in [-0.1, -0.05) is 35.9 Å². The van der Waals surface area contributed by atoms with Crippen molar-refractivity contribution in [2.45, 2.75) is 11.8 Å². The van der Waals surface area contributed by atoms with E-state index < -0.39 is 17.1 Å². The van der Waals surface area contributed by atoms with Crippen LogP contribution < -0.4 is 10.8 Å². The Bertz CT molecular complexity index is 980. The van der Waals surface area contributed by atoms with E-state index in [-0.39, 0.29) is 15.8 Å². The van der Waals surface area contributed by atoms with E-state index in [2.05, 4.69) is 10.4 Å². The molecule has 0 spiro atoms. The second-order valence-electron chi connectivity index (χ2n) is 5.35. The van der Waals surface area contributed by atoms with E-state index in [9.17, 15) is 18.2 Å². The number of fused-ring (bicyclic) bond motifs is 1. The summed E-state index contributed by atoms with van der Waals surface area (Å²) >= 11 is 6.07. The highest BCUT2D eigenvalue weighted by atomic mass is 35.5. The fraction of sp³-hybridized carbons (Fsp3) is 0.0667. The predicted octanol–water partition coefficient (Wildman–Crippen LogP) is 1.02. The number of nitrogens with zero attached hydrogens (tertiary/aromatic N) is 2. The summed E-state index contributed by atoms with van der Waals surface area (Å²) in [5, 5.41) is 16.7. The molecule has 0 aliphatic carbocycles. The molecule has 7 nitrogen and oxygen atoms in total. The van der Waals surface area contributed by atoms with Crippen LogP contribution in [0, 0.1) is 0 Å². The molecule has 0 bridgehead atoms. The van der Waals surface area contributed by atoms with Crippen molar-refractivity contribution >= 4 is 51.9 Å². The van der Waals surface area contributed by atoms with Crippen molar-refractivity contribution in [1.29, 1.82) is 0 Å². The van der Waals surface area contributed by atoms with Gasteiger partial charge in [-0.2, -0.15) is 9.43 Å². The molecule has 0 fully saturated rings. The normalized spacial score (nSPS) is 13.6. The van der Waals surface area contributed by atoms with Crippen LogP contribution in [0.1, 0.15) is 12.5 Å². The highest BCUT2D eigenvalue weighted by Crippen LogP contribution is 2.28. The highest BCUT2D eigenvalue weighted by Gasteiger charge is 2.38. The lowest BCUT2D eigenvalue weighted by Gasteiger charge is -2.26. The van der Waals surface area contributed by atoms with Crippen molar-refractivity contribution in [2.75, 3.05) is 5.32 Å². The number of hydrogen-bond acceptors (Lipinski definition) is 5. The molecule has 2 aromatic rings. The highest BCUT2D eigenvalue weighted by molar-refractivity contribution is 7.90. The zero-order valence-corrected chi connectivity index (χ0v) is 14.6. The maximum atomic E-state index is 12.8. The zero-order valence-electron chi connectivity index (χ0n) is 13.0. The van der Waals surface area contributed by atoms with E-state index in [4.69, 9.17) is 11.6 Å². The monoisotopic (exact) mass is 377 g/mol. The van der Waals surface area contributed by atoms with Gasteiger partial charge in [0.05, 0.1) is 11.2 Å². The third-order valence-electron chi connectivity index (χ3n) is 3.57. The van der Waals surface area contributed by atoms with Gasteiger partial charge in [0.1, 0.15) is 4.90 Å². The van der Waals surface area contributed by atoms with Gasteiger partial charge in [0.2, 0.25) is 5.91 Å². The minimum atomic E-state index is -4.19. The van der Waals surface area contributed by atoms with Crippen molar-refractivity contribution in [3.05, 3.63) is 53.1 Å². The lowest BCUT2D eigenvalue weighted by atomic mass is 9.72. The van der Waals surface area contributed by atoms with Crippen molar-refractivity contribution in [1.82, 2.24) is 4.33 Å². The second kappa shape index (κ2) is 6.51. The molecule has 10 heteroatoms. The Morgan fingerprint density at radius 2 is 2.00 bits per heavy atom. The first-order chi connectivity index (χ1) is 11.8. The Hall–Kier alpha value is -2.36. The van der Waals surface area contributed by atoms with E-state index >= 15 is 0 Å². The molecular formula is C15H13BClN3O4S. The van der Waals surface area contributed by atoms with Crippen molar-refractivity contribution in [3.8, 4) is 0 Å². The molecule has 25 heavy (non-hydrogen) atoms. The quantitative estimate of drug-likeness (QED) is 0.780. The number of amides is 1. The van der Waals surface area contributed by atoms with Crippen LogP contribution in [0.5, 0.6) is 0 Å². The van der Waals surface area contributed by atoms with Gasteiger partial charge in [-0.3, -0.25) is 4.79 Å². The maximum Gasteiger partial charge on any atom is 0.484 e. The Morgan fingerprint density at radius 1 is 1.28 bits per heavy atom. The number of hydrogen-bond donors (Lipinski definition) is 2. The summed E-state index contributed by atoms with van der Waals surface area (Å²) in [6, 6.07) is 10.8. The number of carbonyl (C=O) groups is 1. The summed E-state index contributed by atoms with van der Waals surface area (Å²) in [5.74, 6) is -0.306. The van der Waals surface area contributed by atoms with Crippen LogP contribution in [0.4, 0.5) is 5.69 Å². The van der Waals surface area contributed by atoms with E-state index in [0.717, 1.165) is 0 Å². The van der Waals surface area contributed by atoms with Crippen LogP contribution in [0.25, 0.3) is 0 Å². The lowest BCUT2D eigenvalue weighted by molar-refractivity contribution is -0.114. The SMILES string of the molecule is CC(=O)Nc1ccc(S(=O)(=O)N2N=Cc3ccccc3B2O)c(Cl)c1. The topological polar surface area (TPSA) is 99.1 Å². The summed E-state index contributed by atoms with van der Waals surface area (Å²) < 4.78 is 26.3. The van der Waals surface area contributed by atoms with Gasteiger partial charge in [-0.15, -0.1) is 0 Å². The largest absolute Gasteiger partial charge is 0.484 e. The Kier molecular flexibility index (Phi) is 4.55. The number of rotatable bonds is 3. The lowest BCUT2D eigenvalue weighted by Crippen LogP contribution is -2.52. The molecule has 1 aliphatic rings. The Balaban J connectivity index is 1.99. The number of nitrogens with one attached hydrogen (secondary N) is 1. The van der Waals surface area contributed by atoms with Crippen LogP contribution in [0.3, 0.4) is 0 Å². The molecule has 1 aliphatic heterocycles. The number of hydrazone groups is 1. The number of benzene rings is 2. The predicted molar refractivity (Wildman–Crippen MR) is 96.4 cm³/mol. The summed E-state index contributed by atoms with van der Waals surface area (Å²) in [5.41, 5.74) is 1.42. The molecular weight excluding hydrogens is 365 g/mol. The minimum Gasteiger partial charge on any atom is -0.427 e. The average molecular weight is 378 g/mol. The average Bonchev–Trinajstić information content (AvgIpc) is 2.54. The van der Waals surface area contributed by atoms with Crippen LogP contribution in [-0.4, -0.2) is 36.9 Å². The Morgan fingerprint density at radius 3 is 2.68 bits per heavy atom. The molecule has 2 aromatic carbocycles. The smallest absolute Gasteiger partial charge is 0.427 e. The van der Waals surface area contributed by atoms with E-state index in [1.165, 1.54) is 31.3 Å². The molecule has 128 valence electrons. The molecule has 0 radical (unpaired) electrons. The molecule has 2 N–H and O–H groups in total. The first kappa shape index (κ1) is 17.5. The van der Waals surface area contributed by atoms with E-state index in [0.29, 0.717) is 21.0 Å². The molecule has 0 aromatic heterocycles. The van der Waals surface area contributed by atoms with Gasteiger partial charge in [0.25, 0.3) is 10.0 Å². The first-order valence-corrected chi connectivity index (χ1v) is 9.05. The van der Waals surface area contributed by atoms with Crippen molar-refractivity contribution in [3.63, 3.8) is 0 Å². The van der Waals surface area contributed by atoms with Gasteiger partial charge in [-0.05, 0) is 29.2 Å². The van der Waals surface area contributed by atoms with Crippen LogP contribution in [0.15, 0.2) is 52.5 Å². The Labute approximate surface area is 150 Å². The van der Waals surface area contributed by atoms with Gasteiger partial charge < -0.3 is 10.3 Å². The van der Waals surface area contributed by atoms with Crippen LogP contribution in [-0.2, 0) is 14.8 Å². The molecule has 0 saturated heterocycles. The maximum absolute atomic E-state index is 12.8. The third-order valence-corrected chi connectivity index (χ3v) is 5.69. The summed E-state index contributed by atoms with van der Waals surface area (Å²) in [6.07, 6.45) is 1.36. The van der Waals surface area contributed by atoms with Gasteiger partial charge in [0.15, 0.2) is 0 Å². The molecule has 1 amide bonds. The molecule has 0 saturated carbocycles. The van der Waals surface area contributed by atoms with E-state index in [1.807, 2.05) is 0 Å². The van der Waals surface area contributed by atoms with Crippen molar-refractivity contribution < 1.29 is 18.2 Å². The fourth-order valence-corrected chi connectivity index (χ4v) is 4.22. The van der Waals surface area contributed by atoms with Crippen LogP contribution >= 0.6 is 11.6 Å². The van der Waals surface area contributed by atoms with Gasteiger partial charge in [0, 0.05) is 12.6 Å². The zero-order chi connectivity index (χ0) is 18.2. The molecule has 3 rings (SSSR count). The summed E-state index contributed by atoms with van der Waals surface area (Å²) in [4.78, 5) is 10.9. The van der Waals surface area contributed by atoms with Gasteiger partial charge >= 0.3 is 7.05 Å². The standard InChI is InChI=1S/C15H13BClN3O4S/c1-10(21)19-12-6-7-15(14(17)8-12)25(23,24)20-16(22)13-5-3-2-4-11(13)9-18-20/h2-9,22H,1H3,(H,19,21). The summed E-state index contributed by atoms with van der Waals surface area (Å²) in [7, 11) is -5.65. The third kappa shape index (κ3) is 3.26. The van der Waals surface area contributed by atoms with E-state index in [1.54, 1.807) is 24.3 Å². The second-order valence-corrected chi connectivity index (χ2v) is 7.52. The minimum absolute atomic E-state index is 0.0903. The number of sulfonamides is 1. The number of carbonyl (C=O) groups excluding carboxylic acids is 1. The van der Waals surface area contributed by atoms with Gasteiger partial charge in [-0.25, -0.2) is 8.42 Å². The summed E-state index contributed by atoms with van der Waals surface area (Å²) in [6.45, 7) is 1.33.